The SMILES string of the molecule is COCCN1CN(Cc2ccco2)CC2=C1CC(C)(C)CC2=O. The summed E-state index contributed by atoms with van der Waals surface area (Å²) >= 11 is 0. The number of carbonyl (C=O) groups is 1. The summed E-state index contributed by atoms with van der Waals surface area (Å²) in [6, 6.07) is 3.89. The zero-order valence-electron chi connectivity index (χ0n) is 14.3. The number of nitrogens with zero attached hydrogens (tertiary/aromatic N) is 2. The van der Waals surface area contributed by atoms with E-state index >= 15 is 0 Å². The van der Waals surface area contributed by atoms with E-state index in [9.17, 15) is 4.79 Å². The van der Waals surface area contributed by atoms with E-state index < -0.39 is 0 Å². The molecule has 0 bridgehead atoms. The highest BCUT2D eigenvalue weighted by Crippen LogP contribution is 2.40. The molecule has 0 N–H and O–H groups in total. The van der Waals surface area contributed by atoms with Gasteiger partial charge in [0, 0.05) is 37.9 Å². The largest absolute Gasteiger partial charge is 0.468 e. The minimum Gasteiger partial charge on any atom is -0.468 e. The van der Waals surface area contributed by atoms with Crippen LogP contribution in [0.4, 0.5) is 0 Å². The van der Waals surface area contributed by atoms with Gasteiger partial charge in [0.25, 0.3) is 0 Å². The fourth-order valence-electron chi connectivity index (χ4n) is 3.54. The predicted molar refractivity (Wildman–Crippen MR) is 87.6 cm³/mol. The smallest absolute Gasteiger partial charge is 0.162 e. The van der Waals surface area contributed by atoms with Gasteiger partial charge in [-0.05, 0) is 24.0 Å². The van der Waals surface area contributed by atoms with Crippen LogP contribution in [0.5, 0.6) is 0 Å². The van der Waals surface area contributed by atoms with E-state index in [-0.39, 0.29) is 5.41 Å². The number of furan rings is 1. The van der Waals surface area contributed by atoms with E-state index in [2.05, 4.69) is 23.6 Å². The molecule has 0 amide bonds. The van der Waals surface area contributed by atoms with Crippen LogP contribution in [0.25, 0.3) is 0 Å². The summed E-state index contributed by atoms with van der Waals surface area (Å²) in [6.45, 7) is 8.09. The molecule has 2 aliphatic rings. The lowest BCUT2D eigenvalue weighted by atomic mass is 9.75. The van der Waals surface area contributed by atoms with E-state index in [1.165, 1.54) is 5.70 Å². The highest BCUT2D eigenvalue weighted by Gasteiger charge is 2.38. The summed E-state index contributed by atoms with van der Waals surface area (Å²) in [7, 11) is 1.72. The van der Waals surface area contributed by atoms with E-state index in [1.807, 2.05) is 12.1 Å². The maximum absolute atomic E-state index is 12.6. The van der Waals surface area contributed by atoms with Gasteiger partial charge in [-0.3, -0.25) is 9.69 Å². The molecule has 3 rings (SSSR count). The maximum atomic E-state index is 12.6. The number of ether oxygens (including phenoxy) is 1. The van der Waals surface area contributed by atoms with Crippen molar-refractivity contribution in [2.45, 2.75) is 33.2 Å². The second kappa shape index (κ2) is 6.49. The van der Waals surface area contributed by atoms with Crippen molar-refractivity contribution in [1.29, 1.82) is 0 Å². The van der Waals surface area contributed by atoms with Crippen molar-refractivity contribution >= 4 is 5.78 Å². The monoisotopic (exact) mass is 318 g/mol. The van der Waals surface area contributed by atoms with Crippen LogP contribution in [-0.4, -0.2) is 49.1 Å². The van der Waals surface area contributed by atoms with Gasteiger partial charge >= 0.3 is 0 Å². The number of ketones is 1. The first-order chi connectivity index (χ1) is 11.0. The summed E-state index contributed by atoms with van der Waals surface area (Å²) in [6.07, 6.45) is 3.30. The van der Waals surface area contributed by atoms with E-state index in [1.54, 1.807) is 13.4 Å². The van der Waals surface area contributed by atoms with Crippen LogP contribution in [0.2, 0.25) is 0 Å². The van der Waals surface area contributed by atoms with Gasteiger partial charge in [0.05, 0.1) is 26.1 Å². The Morgan fingerprint density at radius 2 is 2.17 bits per heavy atom. The van der Waals surface area contributed by atoms with Crippen LogP contribution in [0, 0.1) is 5.41 Å². The Morgan fingerprint density at radius 3 is 2.87 bits per heavy atom. The Labute approximate surface area is 137 Å². The van der Waals surface area contributed by atoms with Gasteiger partial charge in [-0.1, -0.05) is 13.8 Å². The molecule has 1 aliphatic heterocycles. The number of Topliss-reactive ketones (excluding diaryl/α,β-unsaturated/α-hetero) is 1. The van der Waals surface area contributed by atoms with Gasteiger partial charge in [-0.25, -0.2) is 0 Å². The van der Waals surface area contributed by atoms with E-state index in [0.717, 1.165) is 37.5 Å². The number of hydrogen-bond donors (Lipinski definition) is 0. The number of rotatable bonds is 5. The highest BCUT2D eigenvalue weighted by molar-refractivity contribution is 5.98. The molecule has 0 saturated heterocycles. The normalized spacial score (nSPS) is 21.7. The standard InChI is InChI=1S/C18H26N2O3/c1-18(2)9-16-15(17(21)10-18)12-19(11-14-5-4-7-23-14)13-20(16)6-8-22-3/h4-5,7H,6,8-13H2,1-3H3. The predicted octanol–water partition coefficient (Wildman–Crippen LogP) is 2.64. The van der Waals surface area contributed by atoms with Crippen molar-refractivity contribution in [2.24, 2.45) is 5.41 Å². The Morgan fingerprint density at radius 1 is 1.35 bits per heavy atom. The molecular weight excluding hydrogens is 292 g/mol. The Hall–Kier alpha value is -1.59. The minimum absolute atomic E-state index is 0.0461. The molecule has 0 spiro atoms. The van der Waals surface area contributed by atoms with Crippen molar-refractivity contribution in [2.75, 3.05) is 33.5 Å². The number of carbonyl (C=O) groups excluding carboxylic acids is 1. The molecular formula is C18H26N2O3. The van der Waals surface area contributed by atoms with Gasteiger partial charge in [-0.15, -0.1) is 0 Å². The molecule has 0 fully saturated rings. The van der Waals surface area contributed by atoms with Crippen LogP contribution in [0.3, 0.4) is 0 Å². The van der Waals surface area contributed by atoms with Crippen LogP contribution in [0.1, 0.15) is 32.4 Å². The van der Waals surface area contributed by atoms with Crippen LogP contribution in [0.15, 0.2) is 34.1 Å². The van der Waals surface area contributed by atoms with E-state index in [4.69, 9.17) is 9.15 Å². The second-order valence-electron chi connectivity index (χ2n) is 7.33. The Kier molecular flexibility index (Phi) is 4.60. The number of allylic oxidation sites excluding steroid dienone is 1. The fraction of sp³-hybridized carbons (Fsp3) is 0.611. The highest BCUT2D eigenvalue weighted by atomic mass is 16.5. The molecule has 23 heavy (non-hydrogen) atoms. The van der Waals surface area contributed by atoms with Gasteiger partial charge in [0.2, 0.25) is 0 Å². The summed E-state index contributed by atoms with van der Waals surface area (Å²) in [4.78, 5) is 17.2. The topological polar surface area (TPSA) is 45.9 Å². The molecule has 1 aromatic heterocycles. The number of methoxy groups -OCH3 is 1. The molecule has 1 aliphatic carbocycles. The molecule has 1 aromatic rings. The van der Waals surface area contributed by atoms with Gasteiger partial charge in [0.15, 0.2) is 5.78 Å². The maximum Gasteiger partial charge on any atom is 0.162 e. The first kappa shape index (κ1) is 16.3. The minimum atomic E-state index is 0.0461. The summed E-state index contributed by atoms with van der Waals surface area (Å²) in [5, 5.41) is 0. The van der Waals surface area contributed by atoms with Crippen molar-refractivity contribution in [1.82, 2.24) is 9.80 Å². The first-order valence-corrected chi connectivity index (χ1v) is 8.22. The van der Waals surface area contributed by atoms with Crippen LogP contribution in [-0.2, 0) is 16.1 Å². The lowest BCUT2D eigenvalue weighted by Crippen LogP contribution is -2.48. The third-order valence-electron chi connectivity index (χ3n) is 4.63. The second-order valence-corrected chi connectivity index (χ2v) is 7.33. The third-order valence-corrected chi connectivity index (χ3v) is 4.63. The third kappa shape index (κ3) is 3.67. The van der Waals surface area contributed by atoms with Gasteiger partial charge < -0.3 is 14.1 Å². The van der Waals surface area contributed by atoms with Gasteiger partial charge in [-0.2, -0.15) is 0 Å². The lowest BCUT2D eigenvalue weighted by molar-refractivity contribution is -0.119. The molecule has 0 atom stereocenters. The quantitative estimate of drug-likeness (QED) is 0.835. The summed E-state index contributed by atoms with van der Waals surface area (Å²) in [5.74, 6) is 1.23. The molecule has 126 valence electrons. The number of hydrogen-bond acceptors (Lipinski definition) is 5. The van der Waals surface area contributed by atoms with Crippen molar-refractivity contribution in [3.05, 3.63) is 35.4 Å². The molecule has 0 radical (unpaired) electrons. The molecule has 5 nitrogen and oxygen atoms in total. The van der Waals surface area contributed by atoms with Crippen LogP contribution >= 0.6 is 0 Å². The molecule has 5 heteroatoms. The van der Waals surface area contributed by atoms with Crippen molar-refractivity contribution in [3.63, 3.8) is 0 Å². The summed E-state index contributed by atoms with van der Waals surface area (Å²) < 4.78 is 10.7. The Bertz CT molecular complexity index is 589. The molecule has 0 unspecified atom stereocenters. The summed E-state index contributed by atoms with van der Waals surface area (Å²) in [5.41, 5.74) is 2.25. The van der Waals surface area contributed by atoms with Crippen molar-refractivity contribution < 1.29 is 13.9 Å². The van der Waals surface area contributed by atoms with E-state index in [0.29, 0.717) is 25.4 Å². The van der Waals surface area contributed by atoms with Gasteiger partial charge in [0.1, 0.15) is 5.76 Å². The molecule has 0 saturated carbocycles. The molecule has 0 aromatic carbocycles. The average Bonchev–Trinajstić information content (AvgIpc) is 2.98. The Balaban J connectivity index is 1.83. The first-order valence-electron chi connectivity index (χ1n) is 8.22. The van der Waals surface area contributed by atoms with Crippen LogP contribution < -0.4 is 0 Å². The average molecular weight is 318 g/mol. The molecule has 2 heterocycles. The fourth-order valence-corrected chi connectivity index (χ4v) is 3.54. The van der Waals surface area contributed by atoms with Crippen molar-refractivity contribution in [3.8, 4) is 0 Å². The zero-order chi connectivity index (χ0) is 16.4. The zero-order valence-corrected chi connectivity index (χ0v) is 14.3. The lowest BCUT2D eigenvalue weighted by Gasteiger charge is -2.44.